The van der Waals surface area contributed by atoms with Crippen LogP contribution in [0.3, 0.4) is 0 Å². The van der Waals surface area contributed by atoms with Crippen molar-refractivity contribution in [3.8, 4) is 0 Å². The maximum Gasteiger partial charge on any atom is 0.255 e. The molecule has 3 nitrogen and oxygen atoms in total. The van der Waals surface area contributed by atoms with Crippen LogP contribution in [0.5, 0.6) is 0 Å². The molecule has 1 saturated heterocycles. The first-order chi connectivity index (χ1) is 11.1. The number of carbonyl (C=O) groups excluding carboxylic acids is 1. The second-order valence-corrected chi connectivity index (χ2v) is 6.84. The van der Waals surface area contributed by atoms with Crippen LogP contribution in [0, 0.1) is 9.39 Å². The molecule has 3 rings (SSSR count). The lowest BCUT2D eigenvalue weighted by atomic mass is 10.1. The third-order valence-corrected chi connectivity index (χ3v) is 5.00. The van der Waals surface area contributed by atoms with Crippen molar-refractivity contribution in [2.45, 2.75) is 6.54 Å². The molecule has 23 heavy (non-hydrogen) atoms. The molecule has 120 valence electrons. The topological polar surface area (TPSA) is 23.6 Å². The van der Waals surface area contributed by atoms with E-state index in [1.54, 1.807) is 12.1 Å². The Morgan fingerprint density at radius 1 is 1.04 bits per heavy atom. The van der Waals surface area contributed by atoms with Gasteiger partial charge in [-0.3, -0.25) is 9.69 Å². The van der Waals surface area contributed by atoms with Gasteiger partial charge in [0, 0.05) is 36.3 Å². The molecule has 0 saturated carbocycles. The van der Waals surface area contributed by atoms with Gasteiger partial charge in [0.1, 0.15) is 5.82 Å². The summed E-state index contributed by atoms with van der Waals surface area (Å²) in [5.74, 6) is -0.102. The lowest BCUT2D eigenvalue weighted by molar-refractivity contribution is 0.0627. The highest BCUT2D eigenvalue weighted by Crippen LogP contribution is 2.16. The summed E-state index contributed by atoms with van der Waals surface area (Å²) < 4.78 is 14.2. The highest BCUT2D eigenvalue weighted by molar-refractivity contribution is 14.1. The van der Waals surface area contributed by atoms with Crippen molar-refractivity contribution in [1.29, 1.82) is 0 Å². The van der Waals surface area contributed by atoms with Crippen LogP contribution >= 0.6 is 22.6 Å². The Morgan fingerprint density at radius 2 is 1.78 bits per heavy atom. The van der Waals surface area contributed by atoms with Gasteiger partial charge in [-0.05, 0) is 52.4 Å². The molecule has 0 unspecified atom stereocenters. The summed E-state index contributed by atoms with van der Waals surface area (Å²) in [7, 11) is 0. The zero-order chi connectivity index (χ0) is 16.2. The number of rotatable bonds is 3. The van der Waals surface area contributed by atoms with Gasteiger partial charge in [0.05, 0.1) is 5.56 Å². The number of piperazine rings is 1. The summed E-state index contributed by atoms with van der Waals surface area (Å²) in [5, 5.41) is 0. The van der Waals surface area contributed by atoms with Crippen molar-refractivity contribution >= 4 is 28.5 Å². The molecule has 1 amide bonds. The van der Waals surface area contributed by atoms with Gasteiger partial charge in [0.15, 0.2) is 0 Å². The average molecular weight is 424 g/mol. The third kappa shape index (κ3) is 4.09. The van der Waals surface area contributed by atoms with Crippen LogP contribution in [0.15, 0.2) is 48.5 Å². The van der Waals surface area contributed by atoms with E-state index >= 15 is 0 Å². The molecule has 1 heterocycles. The smallest absolute Gasteiger partial charge is 0.255 e. The van der Waals surface area contributed by atoms with Gasteiger partial charge in [-0.25, -0.2) is 4.39 Å². The van der Waals surface area contributed by atoms with Crippen molar-refractivity contribution in [3.63, 3.8) is 0 Å². The molecule has 0 spiro atoms. The van der Waals surface area contributed by atoms with E-state index in [4.69, 9.17) is 0 Å². The summed E-state index contributed by atoms with van der Waals surface area (Å²) >= 11 is 2.20. The highest BCUT2D eigenvalue weighted by atomic mass is 127. The molecule has 2 aromatic rings. The molecule has 1 aliphatic heterocycles. The molecule has 0 aromatic heterocycles. The molecule has 0 N–H and O–H groups in total. The minimum Gasteiger partial charge on any atom is -0.336 e. The quantitative estimate of drug-likeness (QED) is 0.706. The normalized spacial score (nSPS) is 15.7. The van der Waals surface area contributed by atoms with Gasteiger partial charge in [-0.1, -0.05) is 24.3 Å². The van der Waals surface area contributed by atoms with E-state index in [1.807, 2.05) is 35.2 Å². The monoisotopic (exact) mass is 424 g/mol. The Bertz CT molecular complexity index is 699. The minimum absolute atomic E-state index is 0.0976. The Morgan fingerprint density at radius 3 is 2.48 bits per heavy atom. The molecule has 0 aliphatic carbocycles. The fourth-order valence-corrected chi connectivity index (χ4v) is 3.43. The van der Waals surface area contributed by atoms with Crippen molar-refractivity contribution in [3.05, 3.63) is 69.0 Å². The molecule has 0 radical (unpaired) electrons. The number of hydrogen-bond acceptors (Lipinski definition) is 2. The van der Waals surface area contributed by atoms with E-state index in [1.165, 1.54) is 6.07 Å². The van der Waals surface area contributed by atoms with Crippen LogP contribution in [0.4, 0.5) is 4.39 Å². The first-order valence-corrected chi connectivity index (χ1v) is 8.72. The molecule has 0 bridgehead atoms. The molecule has 0 atom stereocenters. The third-order valence-electron chi connectivity index (χ3n) is 4.06. The molecule has 1 fully saturated rings. The van der Waals surface area contributed by atoms with E-state index in [0.717, 1.165) is 34.3 Å². The van der Waals surface area contributed by atoms with E-state index in [2.05, 4.69) is 27.5 Å². The second-order valence-electron chi connectivity index (χ2n) is 5.68. The fraction of sp³-hybridized carbons (Fsp3) is 0.278. The molecule has 2 aromatic carbocycles. The SMILES string of the molecule is O=C(c1ccccc1I)N1CCN(Cc2cccc(F)c2)CC1. The van der Waals surface area contributed by atoms with Crippen LogP contribution in [-0.4, -0.2) is 41.9 Å². The number of nitrogens with zero attached hydrogens (tertiary/aromatic N) is 2. The number of hydrogen-bond donors (Lipinski definition) is 0. The van der Waals surface area contributed by atoms with E-state index < -0.39 is 0 Å². The fourth-order valence-electron chi connectivity index (χ4n) is 2.81. The molecule has 1 aliphatic rings. The Balaban J connectivity index is 1.58. The van der Waals surface area contributed by atoms with Crippen LogP contribution < -0.4 is 0 Å². The van der Waals surface area contributed by atoms with Crippen LogP contribution in [-0.2, 0) is 6.54 Å². The highest BCUT2D eigenvalue weighted by Gasteiger charge is 2.23. The number of amides is 1. The van der Waals surface area contributed by atoms with E-state index in [9.17, 15) is 9.18 Å². The maximum absolute atomic E-state index is 13.2. The van der Waals surface area contributed by atoms with Crippen molar-refractivity contribution < 1.29 is 9.18 Å². The average Bonchev–Trinajstić information content (AvgIpc) is 2.55. The second kappa shape index (κ2) is 7.40. The predicted octanol–water partition coefficient (Wildman–Crippen LogP) is 3.39. The molecular weight excluding hydrogens is 406 g/mol. The minimum atomic E-state index is -0.199. The molecule has 5 heteroatoms. The first kappa shape index (κ1) is 16.4. The first-order valence-electron chi connectivity index (χ1n) is 7.64. The van der Waals surface area contributed by atoms with Crippen molar-refractivity contribution in [2.24, 2.45) is 0 Å². The summed E-state index contributed by atoms with van der Waals surface area (Å²) in [6, 6.07) is 14.4. The van der Waals surface area contributed by atoms with E-state index in [0.29, 0.717) is 13.1 Å². The maximum atomic E-state index is 13.2. The summed E-state index contributed by atoms with van der Waals surface area (Å²) in [6.45, 7) is 3.76. The summed E-state index contributed by atoms with van der Waals surface area (Å²) in [4.78, 5) is 16.7. The molecular formula is C18H18FIN2O. The van der Waals surface area contributed by atoms with Gasteiger partial charge in [0.25, 0.3) is 5.91 Å². The van der Waals surface area contributed by atoms with Crippen molar-refractivity contribution in [1.82, 2.24) is 9.80 Å². The van der Waals surface area contributed by atoms with Gasteiger partial charge in [-0.15, -0.1) is 0 Å². The number of benzene rings is 2. The number of carbonyl (C=O) groups is 1. The summed E-state index contributed by atoms with van der Waals surface area (Å²) in [6.07, 6.45) is 0. The van der Waals surface area contributed by atoms with Crippen LogP contribution in [0.25, 0.3) is 0 Å². The largest absolute Gasteiger partial charge is 0.336 e. The van der Waals surface area contributed by atoms with Crippen molar-refractivity contribution in [2.75, 3.05) is 26.2 Å². The lowest BCUT2D eigenvalue weighted by Crippen LogP contribution is -2.48. The zero-order valence-electron chi connectivity index (χ0n) is 12.7. The van der Waals surface area contributed by atoms with Gasteiger partial charge in [-0.2, -0.15) is 0 Å². The summed E-state index contributed by atoms with van der Waals surface area (Å²) in [5.41, 5.74) is 1.74. The van der Waals surface area contributed by atoms with Gasteiger partial charge in [0.2, 0.25) is 0 Å². The van der Waals surface area contributed by atoms with Crippen LogP contribution in [0.1, 0.15) is 15.9 Å². The Hall–Kier alpha value is -1.47. The standard InChI is InChI=1S/C18H18FIN2O/c19-15-5-3-4-14(12-15)13-21-8-10-22(11-9-21)18(23)16-6-1-2-7-17(16)20/h1-7,12H,8-11,13H2. The Labute approximate surface area is 149 Å². The number of halogens is 2. The van der Waals surface area contributed by atoms with E-state index in [-0.39, 0.29) is 11.7 Å². The Kier molecular flexibility index (Phi) is 5.27. The predicted molar refractivity (Wildman–Crippen MR) is 96.7 cm³/mol. The van der Waals surface area contributed by atoms with Crippen LogP contribution in [0.2, 0.25) is 0 Å². The van der Waals surface area contributed by atoms with Gasteiger partial charge >= 0.3 is 0 Å². The zero-order valence-corrected chi connectivity index (χ0v) is 14.9. The lowest BCUT2D eigenvalue weighted by Gasteiger charge is -2.35. The van der Waals surface area contributed by atoms with Gasteiger partial charge < -0.3 is 4.90 Å².